The minimum atomic E-state index is -1.81. The van der Waals surface area contributed by atoms with Gasteiger partial charge in [0.05, 0.1) is 44.2 Å². The third-order valence-electron chi connectivity index (χ3n) is 20.5. The number of ether oxygens (including phenoxy) is 8. The molecule has 0 aromatic rings. The van der Waals surface area contributed by atoms with Gasteiger partial charge in [0.2, 0.25) is 0 Å². The van der Waals surface area contributed by atoms with Crippen LogP contribution in [-0.2, 0) is 37.9 Å². The van der Waals surface area contributed by atoms with Crippen LogP contribution in [0.4, 0.5) is 0 Å². The maximum absolute atomic E-state index is 12.8. The highest BCUT2D eigenvalue weighted by Gasteiger charge is 2.72. The van der Waals surface area contributed by atoms with Crippen molar-refractivity contribution in [2.24, 2.45) is 45.3 Å². The van der Waals surface area contributed by atoms with E-state index >= 15 is 0 Å². The number of hydrogen-bond donors (Lipinski definition) is 14. The average Bonchev–Trinajstić information content (AvgIpc) is 3.75. The van der Waals surface area contributed by atoms with Gasteiger partial charge in [-0.2, -0.15) is 0 Å². The molecule has 0 bridgehead atoms. The second-order valence-electron chi connectivity index (χ2n) is 25.3. The maximum atomic E-state index is 12.8. The largest absolute Gasteiger partial charge is 0.394 e. The van der Waals surface area contributed by atoms with Crippen molar-refractivity contribution in [3.05, 3.63) is 11.6 Å². The molecule has 8 rings (SSSR count). The first-order chi connectivity index (χ1) is 35.1. The first-order valence-corrected chi connectivity index (χ1v) is 27.3. The highest BCUT2D eigenvalue weighted by Crippen LogP contribution is 2.76. The van der Waals surface area contributed by atoms with E-state index in [0.29, 0.717) is 38.5 Å². The Bertz CT molecular complexity index is 1940. The molecule has 8 fully saturated rings. The molecule has 15 unspecified atom stereocenters. The molecule has 8 aliphatic rings. The van der Waals surface area contributed by atoms with Crippen LogP contribution in [0.1, 0.15) is 113 Å². The van der Waals surface area contributed by atoms with E-state index in [4.69, 9.17) is 37.9 Å². The molecule has 4 saturated carbocycles. The Labute approximate surface area is 439 Å². The Hall–Kier alpha value is -1.14. The monoisotopic (exact) mass is 1080 g/mol. The molecule has 22 heteroatoms. The van der Waals surface area contributed by atoms with E-state index in [1.165, 1.54) is 0 Å². The van der Waals surface area contributed by atoms with Crippen molar-refractivity contribution < 1.29 is 109 Å². The van der Waals surface area contributed by atoms with E-state index in [1.54, 1.807) is 0 Å². The molecule has 0 aromatic heterocycles. The number of hydrogen-bond acceptors (Lipinski definition) is 22. The number of aliphatic hydroxyl groups excluding tert-OH is 14. The Morgan fingerprint density at radius 1 is 0.587 bits per heavy atom. The molecule has 0 aromatic carbocycles. The molecule has 75 heavy (non-hydrogen) atoms. The third kappa shape index (κ3) is 10.6. The SMILES string of the molecule is CC(C)=CCC[C@](C)(O[C@@H]1OC(CO[C@@H]2OC[C@H](O)C(O)C2O)[C@@H](O)C(O)C1O)C1CC[C@]2(C)C1[C@H](O)CC1[C@@]3(C)CC[C@H](O[C@@H]4OC(CO)[C@@H](O)C(O)C4O[C@@H]4OC(CO)[C@@H](O)C(O)C4O)C(C)(C)C3CC[C@]12C. The van der Waals surface area contributed by atoms with Gasteiger partial charge in [-0.05, 0) is 124 Å². The lowest BCUT2D eigenvalue weighted by molar-refractivity contribution is -0.378. The maximum Gasteiger partial charge on any atom is 0.187 e. The van der Waals surface area contributed by atoms with E-state index < -0.39 is 165 Å². The second kappa shape index (κ2) is 22.7. The standard InChI is InChI=1S/C53H90O22/c1-23(2)10-9-14-53(8,75-47-43(67)39(63)37(61)29(72-47)22-69-45-41(65)34(58)26(57)21-68-45)24-11-16-52(7)33(24)25(56)18-31-50(5)15-13-32(49(3,4)30(50)12-17-51(31,52)6)73-48-44(40(64)36(60)28(20-55)71-48)74-46-42(66)38(62)35(59)27(19-54)70-46/h10,24-48,54-67H,9,11-22H2,1-8H3/t24?,25-,26+,27?,28?,29?,30?,31?,32+,33?,34?,35-,36-,37-,38?,39?,40?,41?,42?,43?,44?,45+,46+,47+,48+,50+,51-,52-,53+/m1/s1. The van der Waals surface area contributed by atoms with E-state index in [9.17, 15) is 71.5 Å². The van der Waals surface area contributed by atoms with Gasteiger partial charge in [0.25, 0.3) is 0 Å². The zero-order valence-corrected chi connectivity index (χ0v) is 44.7. The number of rotatable bonds is 15. The summed E-state index contributed by atoms with van der Waals surface area (Å²) in [6, 6.07) is 0. The summed E-state index contributed by atoms with van der Waals surface area (Å²) in [6.07, 6.45) is -22.6. The van der Waals surface area contributed by atoms with Crippen LogP contribution in [0.3, 0.4) is 0 Å². The van der Waals surface area contributed by atoms with Crippen molar-refractivity contribution in [2.45, 2.75) is 248 Å². The van der Waals surface area contributed by atoms with Crippen LogP contribution < -0.4 is 0 Å². The molecule has 0 amide bonds. The summed E-state index contributed by atoms with van der Waals surface area (Å²) in [6.45, 7) is 15.1. The van der Waals surface area contributed by atoms with Crippen LogP contribution in [0, 0.1) is 45.3 Å². The van der Waals surface area contributed by atoms with Gasteiger partial charge in [0, 0.05) is 0 Å². The van der Waals surface area contributed by atoms with Crippen molar-refractivity contribution in [1.29, 1.82) is 0 Å². The quantitative estimate of drug-likeness (QED) is 0.0651. The molecular formula is C53H90O22. The lowest BCUT2D eigenvalue weighted by Crippen LogP contribution is -2.68. The van der Waals surface area contributed by atoms with Crippen LogP contribution >= 0.6 is 0 Å². The van der Waals surface area contributed by atoms with Crippen molar-refractivity contribution in [3.8, 4) is 0 Å². The summed E-state index contributed by atoms with van der Waals surface area (Å²) < 4.78 is 48.8. The van der Waals surface area contributed by atoms with E-state index in [0.717, 1.165) is 24.8 Å². The Balaban J connectivity index is 1.01. The zero-order chi connectivity index (χ0) is 55.1. The molecule has 4 heterocycles. The fraction of sp³-hybridized carbons (Fsp3) is 0.962. The summed E-state index contributed by atoms with van der Waals surface area (Å²) in [5.74, 6) is -0.395. The molecule has 4 aliphatic carbocycles. The van der Waals surface area contributed by atoms with Crippen LogP contribution in [0.2, 0.25) is 0 Å². The van der Waals surface area contributed by atoms with Crippen molar-refractivity contribution in [3.63, 3.8) is 0 Å². The highest BCUT2D eigenvalue weighted by atomic mass is 16.8. The highest BCUT2D eigenvalue weighted by molar-refractivity contribution is 5.20. The first kappa shape index (κ1) is 60.0. The normalized spacial score (nSPS) is 52.7. The molecular weight excluding hydrogens is 989 g/mol. The van der Waals surface area contributed by atoms with Gasteiger partial charge in [0.15, 0.2) is 25.2 Å². The smallest absolute Gasteiger partial charge is 0.187 e. The summed E-state index contributed by atoms with van der Waals surface area (Å²) >= 11 is 0. The topological polar surface area (TPSA) is 357 Å². The molecule has 434 valence electrons. The van der Waals surface area contributed by atoms with Crippen LogP contribution in [-0.4, -0.2) is 232 Å². The second-order valence-corrected chi connectivity index (χ2v) is 25.3. The molecule has 14 N–H and O–H groups in total. The van der Waals surface area contributed by atoms with Crippen molar-refractivity contribution >= 4 is 0 Å². The fourth-order valence-corrected chi connectivity index (χ4v) is 16.0. The molecule has 4 saturated heterocycles. The van der Waals surface area contributed by atoms with Gasteiger partial charge in [0.1, 0.15) is 91.6 Å². The van der Waals surface area contributed by atoms with E-state index in [1.807, 2.05) is 20.8 Å². The predicted octanol–water partition coefficient (Wildman–Crippen LogP) is -1.56. The van der Waals surface area contributed by atoms with E-state index in [-0.39, 0.29) is 41.1 Å². The van der Waals surface area contributed by atoms with Gasteiger partial charge in [-0.25, -0.2) is 0 Å². The van der Waals surface area contributed by atoms with Gasteiger partial charge >= 0.3 is 0 Å². The van der Waals surface area contributed by atoms with Crippen LogP contribution in [0.5, 0.6) is 0 Å². The fourth-order valence-electron chi connectivity index (χ4n) is 16.0. The molecule has 22 nitrogen and oxygen atoms in total. The third-order valence-corrected chi connectivity index (χ3v) is 20.5. The Morgan fingerprint density at radius 3 is 1.80 bits per heavy atom. The van der Waals surface area contributed by atoms with Gasteiger partial charge in [-0.1, -0.05) is 46.3 Å². The van der Waals surface area contributed by atoms with E-state index in [2.05, 4.69) is 40.7 Å². The number of aliphatic hydroxyl groups is 14. The summed E-state index contributed by atoms with van der Waals surface area (Å²) in [4.78, 5) is 0. The minimum Gasteiger partial charge on any atom is -0.394 e. The zero-order valence-electron chi connectivity index (χ0n) is 44.7. The molecule has 29 atom stereocenters. The first-order valence-electron chi connectivity index (χ1n) is 27.3. The van der Waals surface area contributed by atoms with Gasteiger partial charge in [-0.3, -0.25) is 0 Å². The molecule has 0 radical (unpaired) electrons. The van der Waals surface area contributed by atoms with Gasteiger partial charge in [-0.15, -0.1) is 0 Å². The van der Waals surface area contributed by atoms with Crippen molar-refractivity contribution in [1.82, 2.24) is 0 Å². The Kier molecular flexibility index (Phi) is 18.1. The number of allylic oxidation sites excluding steroid dienone is 2. The average molecular weight is 1080 g/mol. The molecule has 0 spiro atoms. The predicted molar refractivity (Wildman–Crippen MR) is 260 cm³/mol. The van der Waals surface area contributed by atoms with Crippen LogP contribution in [0.25, 0.3) is 0 Å². The van der Waals surface area contributed by atoms with Crippen LogP contribution in [0.15, 0.2) is 11.6 Å². The van der Waals surface area contributed by atoms with Gasteiger partial charge < -0.3 is 109 Å². The summed E-state index contributed by atoms with van der Waals surface area (Å²) in [7, 11) is 0. The van der Waals surface area contributed by atoms with Crippen molar-refractivity contribution in [2.75, 3.05) is 26.4 Å². The minimum absolute atomic E-state index is 0.0508. The number of fused-ring (bicyclic) bond motifs is 5. The lowest BCUT2D eigenvalue weighted by atomic mass is 9.35. The Morgan fingerprint density at radius 2 is 1.16 bits per heavy atom. The summed E-state index contributed by atoms with van der Waals surface area (Å²) in [5.41, 5.74) is -1.48. The summed E-state index contributed by atoms with van der Waals surface area (Å²) in [5, 5.41) is 151. The lowest BCUT2D eigenvalue weighted by Gasteiger charge is -2.71. The molecule has 4 aliphatic heterocycles.